The second-order valence-corrected chi connectivity index (χ2v) is 3.98. The van der Waals surface area contributed by atoms with Crippen LogP contribution in [0, 0.1) is 0 Å². The molecule has 1 aromatic heterocycles. The summed E-state index contributed by atoms with van der Waals surface area (Å²) in [5.74, 6) is 0. The Morgan fingerprint density at radius 2 is 2.29 bits per heavy atom. The quantitative estimate of drug-likeness (QED) is 0.768. The zero-order chi connectivity index (χ0) is 9.80. The summed E-state index contributed by atoms with van der Waals surface area (Å²) in [6.45, 7) is 3.35. The van der Waals surface area contributed by atoms with Crippen LogP contribution < -0.4 is 5.32 Å². The molecule has 3 heteroatoms. The van der Waals surface area contributed by atoms with Crippen LogP contribution in [0.5, 0.6) is 0 Å². The molecule has 0 radical (unpaired) electrons. The average molecular weight is 191 g/mol. The molecule has 3 nitrogen and oxygen atoms in total. The van der Waals surface area contributed by atoms with E-state index in [-0.39, 0.29) is 0 Å². The molecule has 2 rings (SSSR count). The Labute approximate surface area is 85.1 Å². The van der Waals surface area contributed by atoms with E-state index in [0.29, 0.717) is 6.04 Å². The van der Waals surface area contributed by atoms with Crippen LogP contribution in [0.15, 0.2) is 24.5 Å². The molecule has 2 heterocycles. The van der Waals surface area contributed by atoms with Crippen molar-refractivity contribution in [3.8, 4) is 0 Å². The van der Waals surface area contributed by atoms with Gasteiger partial charge in [0.05, 0.1) is 0 Å². The highest BCUT2D eigenvalue weighted by molar-refractivity contribution is 5.09. The van der Waals surface area contributed by atoms with E-state index >= 15 is 0 Å². The van der Waals surface area contributed by atoms with Gasteiger partial charge in [0.2, 0.25) is 0 Å². The molecule has 76 valence electrons. The maximum atomic E-state index is 4.00. The van der Waals surface area contributed by atoms with Gasteiger partial charge in [0.15, 0.2) is 0 Å². The zero-order valence-electron chi connectivity index (χ0n) is 8.61. The number of nitrogens with one attached hydrogen (secondary N) is 1. The highest BCUT2D eigenvalue weighted by Crippen LogP contribution is 2.07. The predicted octanol–water partition coefficient (Wildman–Crippen LogP) is 0.875. The summed E-state index contributed by atoms with van der Waals surface area (Å²) < 4.78 is 0. The summed E-state index contributed by atoms with van der Waals surface area (Å²) in [6, 6.07) is 4.78. The van der Waals surface area contributed by atoms with Crippen LogP contribution in [0.2, 0.25) is 0 Å². The molecule has 1 fully saturated rings. The number of likely N-dealkylation sites (tertiary alicyclic amines) is 1. The lowest BCUT2D eigenvalue weighted by Gasteiger charge is -2.12. The Hall–Kier alpha value is -0.930. The van der Waals surface area contributed by atoms with E-state index in [1.807, 2.05) is 12.4 Å². The third-order valence-corrected chi connectivity index (χ3v) is 2.74. The van der Waals surface area contributed by atoms with Gasteiger partial charge in [-0.15, -0.1) is 0 Å². The number of hydrogen-bond donors (Lipinski definition) is 1. The molecular formula is C11H17N3. The Kier molecular flexibility index (Phi) is 3.11. The minimum atomic E-state index is 0.660. The molecule has 1 atom stereocenters. The van der Waals surface area contributed by atoms with Crippen LogP contribution in [-0.2, 0) is 6.54 Å². The van der Waals surface area contributed by atoms with Gasteiger partial charge in [-0.1, -0.05) is 0 Å². The highest BCUT2D eigenvalue weighted by Gasteiger charge is 2.18. The first-order valence-corrected chi connectivity index (χ1v) is 5.15. The van der Waals surface area contributed by atoms with Crippen molar-refractivity contribution in [1.29, 1.82) is 0 Å². The average Bonchev–Trinajstić information content (AvgIpc) is 2.63. The number of likely N-dealkylation sites (N-methyl/N-ethyl adjacent to an activating group) is 1. The van der Waals surface area contributed by atoms with E-state index in [9.17, 15) is 0 Å². The fourth-order valence-corrected chi connectivity index (χ4v) is 1.86. The van der Waals surface area contributed by atoms with Gasteiger partial charge in [0.1, 0.15) is 0 Å². The number of hydrogen-bond acceptors (Lipinski definition) is 3. The van der Waals surface area contributed by atoms with Gasteiger partial charge in [-0.25, -0.2) is 0 Å². The fourth-order valence-electron chi connectivity index (χ4n) is 1.86. The Balaban J connectivity index is 1.78. The molecule has 0 unspecified atom stereocenters. The second kappa shape index (κ2) is 4.53. The molecule has 0 bridgehead atoms. The van der Waals surface area contributed by atoms with Gasteiger partial charge in [-0.2, -0.15) is 0 Å². The lowest BCUT2D eigenvalue weighted by molar-refractivity contribution is 0.397. The van der Waals surface area contributed by atoms with Gasteiger partial charge in [0, 0.05) is 31.5 Å². The predicted molar refractivity (Wildman–Crippen MR) is 57.0 cm³/mol. The summed E-state index contributed by atoms with van der Waals surface area (Å²) in [6.07, 6.45) is 4.96. The van der Waals surface area contributed by atoms with Gasteiger partial charge < -0.3 is 10.2 Å². The van der Waals surface area contributed by atoms with Crippen LogP contribution >= 0.6 is 0 Å². The number of pyridine rings is 1. The summed E-state index contributed by atoms with van der Waals surface area (Å²) in [5, 5.41) is 3.56. The van der Waals surface area contributed by atoms with Crippen molar-refractivity contribution in [2.45, 2.75) is 19.0 Å². The van der Waals surface area contributed by atoms with E-state index in [0.717, 1.165) is 6.54 Å². The van der Waals surface area contributed by atoms with Crippen LogP contribution in [0.4, 0.5) is 0 Å². The van der Waals surface area contributed by atoms with Crippen molar-refractivity contribution < 1.29 is 0 Å². The fraction of sp³-hybridized carbons (Fsp3) is 0.545. The van der Waals surface area contributed by atoms with Crippen molar-refractivity contribution in [3.05, 3.63) is 30.1 Å². The van der Waals surface area contributed by atoms with Crippen molar-refractivity contribution >= 4 is 0 Å². The lowest BCUT2D eigenvalue weighted by atomic mass is 10.2. The van der Waals surface area contributed by atoms with E-state index in [4.69, 9.17) is 0 Å². The molecule has 0 aromatic carbocycles. The van der Waals surface area contributed by atoms with E-state index in [2.05, 4.69) is 34.4 Å². The SMILES string of the molecule is CN1CC[C@@H](NCc2ccncc2)C1. The highest BCUT2D eigenvalue weighted by atomic mass is 15.2. The zero-order valence-corrected chi connectivity index (χ0v) is 8.61. The third-order valence-electron chi connectivity index (χ3n) is 2.74. The molecule has 1 aliphatic rings. The van der Waals surface area contributed by atoms with Crippen LogP contribution in [-0.4, -0.2) is 36.1 Å². The topological polar surface area (TPSA) is 28.2 Å². The summed E-state index contributed by atoms with van der Waals surface area (Å²) in [5.41, 5.74) is 1.31. The van der Waals surface area contributed by atoms with Crippen LogP contribution in [0.1, 0.15) is 12.0 Å². The third kappa shape index (κ3) is 2.53. The monoisotopic (exact) mass is 191 g/mol. The molecule has 1 saturated heterocycles. The minimum absolute atomic E-state index is 0.660. The summed E-state index contributed by atoms with van der Waals surface area (Å²) in [4.78, 5) is 6.37. The lowest BCUT2D eigenvalue weighted by Crippen LogP contribution is -2.30. The molecule has 0 spiro atoms. The number of nitrogens with zero attached hydrogens (tertiary/aromatic N) is 2. The van der Waals surface area contributed by atoms with Gasteiger partial charge >= 0.3 is 0 Å². The smallest absolute Gasteiger partial charge is 0.0271 e. The van der Waals surface area contributed by atoms with Crippen molar-refractivity contribution in [1.82, 2.24) is 15.2 Å². The van der Waals surface area contributed by atoms with E-state index in [1.54, 1.807) is 0 Å². The van der Waals surface area contributed by atoms with Crippen LogP contribution in [0.3, 0.4) is 0 Å². The van der Waals surface area contributed by atoms with Crippen molar-refractivity contribution in [3.63, 3.8) is 0 Å². The van der Waals surface area contributed by atoms with Crippen molar-refractivity contribution in [2.24, 2.45) is 0 Å². The standard InChI is InChI=1S/C11H17N3/c1-14-7-4-11(9-14)13-8-10-2-5-12-6-3-10/h2-3,5-6,11,13H,4,7-9H2,1H3/t11-/m1/s1. The van der Waals surface area contributed by atoms with Gasteiger partial charge in [0.25, 0.3) is 0 Å². The van der Waals surface area contributed by atoms with Gasteiger partial charge in [-0.3, -0.25) is 4.98 Å². The number of aromatic nitrogens is 1. The summed E-state index contributed by atoms with van der Waals surface area (Å²) >= 11 is 0. The van der Waals surface area contributed by atoms with Crippen molar-refractivity contribution in [2.75, 3.05) is 20.1 Å². The van der Waals surface area contributed by atoms with Crippen LogP contribution in [0.25, 0.3) is 0 Å². The summed E-state index contributed by atoms with van der Waals surface area (Å²) in [7, 11) is 2.17. The molecule has 1 N–H and O–H groups in total. The largest absolute Gasteiger partial charge is 0.309 e. The second-order valence-electron chi connectivity index (χ2n) is 3.98. The van der Waals surface area contributed by atoms with Gasteiger partial charge in [-0.05, 0) is 37.7 Å². The normalized spacial score (nSPS) is 22.8. The number of rotatable bonds is 3. The molecule has 0 aliphatic carbocycles. The molecule has 0 saturated carbocycles. The van der Waals surface area contributed by atoms with E-state index < -0.39 is 0 Å². The first-order chi connectivity index (χ1) is 6.84. The first-order valence-electron chi connectivity index (χ1n) is 5.15. The Morgan fingerprint density at radius 1 is 1.50 bits per heavy atom. The molecular weight excluding hydrogens is 174 g/mol. The Morgan fingerprint density at radius 3 is 2.93 bits per heavy atom. The molecule has 0 amide bonds. The maximum Gasteiger partial charge on any atom is 0.0271 e. The first kappa shape index (κ1) is 9.62. The molecule has 1 aliphatic heterocycles. The molecule has 1 aromatic rings. The van der Waals surface area contributed by atoms with E-state index in [1.165, 1.54) is 25.1 Å². The molecule has 14 heavy (non-hydrogen) atoms. The minimum Gasteiger partial charge on any atom is -0.309 e. The Bertz CT molecular complexity index is 273. The maximum absolute atomic E-state index is 4.00.